The summed E-state index contributed by atoms with van der Waals surface area (Å²) in [5, 5.41) is 0.636. The first kappa shape index (κ1) is 20.6. The molecule has 2 aromatic carbocycles. The van der Waals surface area contributed by atoms with Gasteiger partial charge in [0.1, 0.15) is 5.75 Å². The molecule has 2 aromatic rings. The number of carbonyl (C=O) groups is 1. The lowest BCUT2D eigenvalue weighted by Crippen LogP contribution is -2.40. The maximum Gasteiger partial charge on any atom is 0.387 e. The highest BCUT2D eigenvalue weighted by Gasteiger charge is 2.38. The smallest absolute Gasteiger partial charge is 0.387 e. The van der Waals surface area contributed by atoms with Crippen molar-refractivity contribution in [2.24, 2.45) is 4.99 Å². The Morgan fingerprint density at radius 2 is 1.73 bits per heavy atom. The molecular weight excluding hydrogens is 406 g/mol. The highest BCUT2D eigenvalue weighted by molar-refractivity contribution is 8.18. The van der Waals surface area contributed by atoms with E-state index in [0.29, 0.717) is 15.6 Å². The molecule has 0 radical (unpaired) electrons. The minimum atomic E-state index is -2.93. The van der Waals surface area contributed by atoms with E-state index in [0.717, 1.165) is 31.4 Å². The van der Waals surface area contributed by atoms with Crippen LogP contribution in [-0.4, -0.2) is 28.6 Å². The Bertz CT molecular complexity index is 957. The maximum atomic E-state index is 13.3. The van der Waals surface area contributed by atoms with Gasteiger partial charge in [0.05, 0.1) is 10.6 Å². The Labute approximate surface area is 178 Å². The highest BCUT2D eigenvalue weighted by atomic mass is 32.2. The summed E-state index contributed by atoms with van der Waals surface area (Å²) in [6.45, 7) is -2.93. The Hall–Kier alpha value is -2.67. The average Bonchev–Trinajstić information content (AvgIpc) is 3.05. The summed E-state index contributed by atoms with van der Waals surface area (Å²) in [6.07, 6.45) is 6.85. The summed E-state index contributed by atoms with van der Waals surface area (Å²) in [7, 11) is 0. The molecule has 1 aliphatic heterocycles. The van der Waals surface area contributed by atoms with Crippen molar-refractivity contribution in [1.29, 1.82) is 0 Å². The van der Waals surface area contributed by atoms with Crippen molar-refractivity contribution < 1.29 is 18.3 Å². The average molecular weight is 429 g/mol. The van der Waals surface area contributed by atoms with Gasteiger partial charge in [0, 0.05) is 11.6 Å². The van der Waals surface area contributed by atoms with Gasteiger partial charge in [-0.2, -0.15) is 8.78 Å². The third kappa shape index (κ3) is 4.73. The molecular formula is C23H22F2N2O2S. The third-order valence-corrected chi connectivity index (χ3v) is 6.16. The molecule has 1 saturated heterocycles. The highest BCUT2D eigenvalue weighted by Crippen LogP contribution is 2.39. The summed E-state index contributed by atoms with van der Waals surface area (Å²) >= 11 is 1.28. The number of thioether (sulfide) groups is 1. The van der Waals surface area contributed by atoms with Gasteiger partial charge in [-0.1, -0.05) is 55.7 Å². The minimum absolute atomic E-state index is 0.0473. The van der Waals surface area contributed by atoms with Crippen LogP contribution >= 0.6 is 11.8 Å². The lowest BCUT2D eigenvalue weighted by Gasteiger charge is -2.30. The number of alkyl halides is 2. The molecule has 2 aliphatic rings. The molecule has 1 saturated carbocycles. The molecule has 0 unspecified atom stereocenters. The van der Waals surface area contributed by atoms with Crippen LogP contribution in [-0.2, 0) is 4.79 Å². The van der Waals surface area contributed by atoms with Gasteiger partial charge in [0.2, 0.25) is 0 Å². The molecule has 7 heteroatoms. The molecule has 30 heavy (non-hydrogen) atoms. The SMILES string of the molecule is O=C1/C(=C\c2ccccc2OC(F)F)SC(=Nc2ccccc2)N1C1CCCCC1. The Kier molecular flexibility index (Phi) is 6.47. The summed E-state index contributed by atoms with van der Waals surface area (Å²) in [4.78, 5) is 20.3. The van der Waals surface area contributed by atoms with Gasteiger partial charge in [0.15, 0.2) is 5.17 Å². The van der Waals surface area contributed by atoms with Crippen LogP contribution in [0.15, 0.2) is 64.5 Å². The number of para-hydroxylation sites is 2. The number of benzene rings is 2. The molecule has 0 N–H and O–H groups in total. The van der Waals surface area contributed by atoms with Crippen molar-refractivity contribution in [2.75, 3.05) is 0 Å². The van der Waals surface area contributed by atoms with Gasteiger partial charge >= 0.3 is 6.61 Å². The first-order valence-electron chi connectivity index (χ1n) is 10.0. The molecule has 0 spiro atoms. The second kappa shape index (κ2) is 9.43. The lowest BCUT2D eigenvalue weighted by atomic mass is 9.94. The largest absolute Gasteiger partial charge is 0.434 e. The fourth-order valence-corrected chi connectivity index (χ4v) is 4.83. The first-order valence-corrected chi connectivity index (χ1v) is 10.8. The van der Waals surface area contributed by atoms with E-state index in [1.54, 1.807) is 29.2 Å². The predicted molar refractivity (Wildman–Crippen MR) is 116 cm³/mol. The molecule has 1 heterocycles. The van der Waals surface area contributed by atoms with E-state index >= 15 is 0 Å². The molecule has 1 amide bonds. The van der Waals surface area contributed by atoms with Crippen LogP contribution in [0.5, 0.6) is 5.75 Å². The second-order valence-corrected chi connectivity index (χ2v) is 8.23. The number of carbonyl (C=O) groups excluding carboxylic acids is 1. The minimum Gasteiger partial charge on any atom is -0.434 e. The quantitative estimate of drug-likeness (QED) is 0.531. The van der Waals surface area contributed by atoms with Gasteiger partial charge in [-0.3, -0.25) is 9.69 Å². The fraction of sp³-hybridized carbons (Fsp3) is 0.304. The van der Waals surface area contributed by atoms with E-state index in [-0.39, 0.29) is 17.7 Å². The summed E-state index contributed by atoms with van der Waals surface area (Å²) in [5.41, 5.74) is 1.22. The van der Waals surface area contributed by atoms with Crippen LogP contribution in [0.2, 0.25) is 0 Å². The predicted octanol–water partition coefficient (Wildman–Crippen LogP) is 6.22. The zero-order valence-corrected chi connectivity index (χ0v) is 17.2. The van der Waals surface area contributed by atoms with Crippen LogP contribution in [0.3, 0.4) is 0 Å². The Balaban J connectivity index is 1.70. The zero-order valence-electron chi connectivity index (χ0n) is 16.3. The topological polar surface area (TPSA) is 41.9 Å². The van der Waals surface area contributed by atoms with Crippen molar-refractivity contribution in [3.05, 3.63) is 65.1 Å². The van der Waals surface area contributed by atoms with Crippen LogP contribution in [0.1, 0.15) is 37.7 Å². The van der Waals surface area contributed by atoms with Crippen molar-refractivity contribution >= 4 is 34.6 Å². The molecule has 4 rings (SSSR count). The Morgan fingerprint density at radius 3 is 2.47 bits per heavy atom. The molecule has 4 nitrogen and oxygen atoms in total. The number of amidine groups is 1. The molecule has 156 valence electrons. The number of nitrogens with zero attached hydrogens (tertiary/aromatic N) is 2. The number of halogens is 2. The summed E-state index contributed by atoms with van der Waals surface area (Å²) in [6, 6.07) is 16.1. The van der Waals surface area contributed by atoms with Gasteiger partial charge in [-0.05, 0) is 48.9 Å². The van der Waals surface area contributed by atoms with E-state index in [4.69, 9.17) is 4.99 Å². The standard InChI is InChI=1S/C23H22F2N2O2S/c24-22(25)29-19-14-8-7-9-16(19)15-20-21(28)27(18-12-5-2-6-13-18)23(30-20)26-17-10-3-1-4-11-17/h1,3-4,7-11,14-15,18,22H,2,5-6,12-13H2/b20-15+,26-23?. The normalized spacial score (nSPS) is 20.5. The molecule has 1 aliphatic carbocycles. The molecule has 0 bridgehead atoms. The van der Waals surface area contributed by atoms with Crippen LogP contribution in [0.4, 0.5) is 14.5 Å². The number of hydrogen-bond acceptors (Lipinski definition) is 4. The first-order chi connectivity index (χ1) is 14.6. The van der Waals surface area contributed by atoms with E-state index in [2.05, 4.69) is 4.74 Å². The van der Waals surface area contributed by atoms with E-state index < -0.39 is 6.61 Å². The summed E-state index contributed by atoms with van der Waals surface area (Å²) in [5.74, 6) is -0.0838. The van der Waals surface area contributed by atoms with Crippen molar-refractivity contribution in [3.63, 3.8) is 0 Å². The Morgan fingerprint density at radius 1 is 1.03 bits per heavy atom. The van der Waals surface area contributed by atoms with Crippen LogP contribution in [0.25, 0.3) is 6.08 Å². The number of rotatable bonds is 5. The zero-order chi connectivity index (χ0) is 20.9. The summed E-state index contributed by atoms with van der Waals surface area (Å²) < 4.78 is 30.1. The van der Waals surface area contributed by atoms with Gasteiger partial charge in [0.25, 0.3) is 5.91 Å². The van der Waals surface area contributed by atoms with E-state index in [9.17, 15) is 13.6 Å². The van der Waals surface area contributed by atoms with Crippen molar-refractivity contribution in [1.82, 2.24) is 4.90 Å². The number of ether oxygens (including phenoxy) is 1. The van der Waals surface area contributed by atoms with Gasteiger partial charge in [-0.15, -0.1) is 0 Å². The van der Waals surface area contributed by atoms with Crippen molar-refractivity contribution in [2.45, 2.75) is 44.8 Å². The number of aliphatic imine (C=N–C) groups is 1. The monoisotopic (exact) mass is 428 g/mol. The fourth-order valence-electron chi connectivity index (χ4n) is 3.78. The van der Waals surface area contributed by atoms with Crippen molar-refractivity contribution in [3.8, 4) is 5.75 Å². The van der Waals surface area contributed by atoms with Gasteiger partial charge in [-0.25, -0.2) is 4.99 Å². The molecule has 0 atom stereocenters. The van der Waals surface area contributed by atoms with E-state index in [1.165, 1.54) is 24.2 Å². The lowest BCUT2D eigenvalue weighted by molar-refractivity contribution is -0.124. The van der Waals surface area contributed by atoms with Gasteiger partial charge < -0.3 is 4.74 Å². The van der Waals surface area contributed by atoms with Crippen LogP contribution < -0.4 is 4.74 Å². The second-order valence-electron chi connectivity index (χ2n) is 7.22. The number of amides is 1. The number of hydrogen-bond donors (Lipinski definition) is 0. The molecule has 2 fully saturated rings. The maximum absolute atomic E-state index is 13.3. The molecule has 0 aromatic heterocycles. The van der Waals surface area contributed by atoms with E-state index in [1.807, 2.05) is 30.3 Å². The van der Waals surface area contributed by atoms with Crippen LogP contribution in [0, 0.1) is 0 Å². The third-order valence-electron chi connectivity index (χ3n) is 5.18.